The Morgan fingerprint density at radius 3 is 3.00 bits per heavy atom. The van der Waals surface area contributed by atoms with Gasteiger partial charge in [0.25, 0.3) is 0 Å². The van der Waals surface area contributed by atoms with Gasteiger partial charge in [-0.2, -0.15) is 0 Å². The van der Waals surface area contributed by atoms with Crippen LogP contribution in [0.1, 0.15) is 12.8 Å². The topological polar surface area (TPSA) is 34.1 Å². The minimum absolute atomic E-state index is 0.321. The lowest BCUT2D eigenvalue weighted by Crippen LogP contribution is -2.36. The lowest BCUT2D eigenvalue weighted by atomic mass is 9.92. The van der Waals surface area contributed by atoms with Crippen LogP contribution in [0.5, 0.6) is 5.75 Å². The van der Waals surface area contributed by atoms with Gasteiger partial charge in [0.15, 0.2) is 11.6 Å². The van der Waals surface area contributed by atoms with Crippen molar-refractivity contribution in [3.8, 4) is 5.75 Å². The normalized spacial score (nSPS) is 25.3. The molecular weight excluding hydrogens is 200 g/mol. The van der Waals surface area contributed by atoms with Gasteiger partial charge in [0.2, 0.25) is 0 Å². The molecule has 1 aliphatic carbocycles. The van der Waals surface area contributed by atoms with Gasteiger partial charge in [0.05, 0.1) is 7.11 Å². The molecule has 1 saturated carbocycles. The minimum atomic E-state index is 0.321. The maximum atomic E-state index is 5.89. The van der Waals surface area contributed by atoms with Crippen molar-refractivity contribution in [2.45, 2.75) is 24.3 Å². The average molecular weight is 213 g/mol. The first kappa shape index (κ1) is 9.59. The lowest BCUT2D eigenvalue weighted by Gasteiger charge is -2.32. The van der Waals surface area contributed by atoms with Crippen molar-refractivity contribution >= 4 is 17.4 Å². The second kappa shape index (κ2) is 4.05. The fourth-order valence-corrected chi connectivity index (χ4v) is 1.95. The second-order valence-corrected chi connectivity index (χ2v) is 4.08. The molecule has 0 spiro atoms. The summed E-state index contributed by atoms with van der Waals surface area (Å²) in [5.74, 6) is 1.59. The van der Waals surface area contributed by atoms with Crippen molar-refractivity contribution in [2.75, 3.05) is 12.4 Å². The molecule has 1 heterocycles. The van der Waals surface area contributed by atoms with Crippen molar-refractivity contribution < 1.29 is 4.74 Å². The summed E-state index contributed by atoms with van der Waals surface area (Å²) in [5.41, 5.74) is 0. The van der Waals surface area contributed by atoms with Gasteiger partial charge in [-0.25, -0.2) is 4.98 Å². The highest BCUT2D eigenvalue weighted by atomic mass is 35.5. The summed E-state index contributed by atoms with van der Waals surface area (Å²) < 4.78 is 5.18. The van der Waals surface area contributed by atoms with Crippen LogP contribution in [-0.2, 0) is 0 Å². The summed E-state index contributed by atoms with van der Waals surface area (Å²) >= 11 is 5.89. The molecule has 0 atom stereocenters. The smallest absolute Gasteiger partial charge is 0.168 e. The van der Waals surface area contributed by atoms with E-state index in [0.717, 1.165) is 24.4 Å². The van der Waals surface area contributed by atoms with Gasteiger partial charge in [0.1, 0.15) is 0 Å². The third-order valence-corrected chi connectivity index (χ3v) is 2.77. The Kier molecular flexibility index (Phi) is 2.77. The Morgan fingerprint density at radius 1 is 1.57 bits per heavy atom. The number of anilines is 1. The Balaban J connectivity index is 2.01. The predicted octanol–water partition coefficient (Wildman–Crippen LogP) is 2.27. The van der Waals surface area contributed by atoms with Crippen LogP contribution in [0.3, 0.4) is 0 Å². The van der Waals surface area contributed by atoms with Crippen LogP contribution >= 0.6 is 11.6 Å². The molecule has 2 rings (SSSR count). The standard InChI is InChI=1S/C10H13ClN2O/c1-14-9-3-2-4-12-10(9)13-8-5-7(11)6-8/h2-4,7-8H,5-6H2,1H3,(H,12,13). The second-order valence-electron chi connectivity index (χ2n) is 3.46. The van der Waals surface area contributed by atoms with Crippen molar-refractivity contribution in [3.63, 3.8) is 0 Å². The molecular formula is C10H13ClN2O. The number of hydrogen-bond donors (Lipinski definition) is 1. The van der Waals surface area contributed by atoms with Gasteiger partial charge in [-0.05, 0) is 25.0 Å². The summed E-state index contributed by atoms with van der Waals surface area (Å²) in [4.78, 5) is 4.22. The number of aromatic nitrogens is 1. The van der Waals surface area contributed by atoms with E-state index < -0.39 is 0 Å². The lowest BCUT2D eigenvalue weighted by molar-refractivity contribution is 0.409. The van der Waals surface area contributed by atoms with Gasteiger partial charge in [-0.15, -0.1) is 11.6 Å². The molecule has 0 aromatic carbocycles. The molecule has 3 nitrogen and oxygen atoms in total. The molecule has 76 valence electrons. The van der Waals surface area contributed by atoms with Crippen molar-refractivity contribution in [1.82, 2.24) is 4.98 Å². The number of hydrogen-bond acceptors (Lipinski definition) is 3. The molecule has 1 aromatic rings. The number of ether oxygens (including phenoxy) is 1. The van der Waals surface area contributed by atoms with E-state index in [1.165, 1.54) is 0 Å². The van der Waals surface area contributed by atoms with E-state index in [0.29, 0.717) is 11.4 Å². The first-order valence-electron chi connectivity index (χ1n) is 4.69. The minimum Gasteiger partial charge on any atom is -0.493 e. The highest BCUT2D eigenvalue weighted by molar-refractivity contribution is 6.21. The number of nitrogens with one attached hydrogen (secondary N) is 1. The van der Waals surface area contributed by atoms with E-state index in [1.807, 2.05) is 12.1 Å². The van der Waals surface area contributed by atoms with Crippen LogP contribution in [0.4, 0.5) is 5.82 Å². The fourth-order valence-electron chi connectivity index (χ4n) is 1.52. The molecule has 1 aliphatic rings. The quantitative estimate of drug-likeness (QED) is 0.781. The van der Waals surface area contributed by atoms with Crippen LogP contribution in [0.15, 0.2) is 18.3 Å². The van der Waals surface area contributed by atoms with Crippen LogP contribution < -0.4 is 10.1 Å². The number of halogens is 1. The molecule has 1 fully saturated rings. The molecule has 14 heavy (non-hydrogen) atoms. The van der Waals surface area contributed by atoms with Crippen LogP contribution in [-0.4, -0.2) is 23.5 Å². The summed E-state index contributed by atoms with van der Waals surface area (Å²) in [5, 5.41) is 3.63. The van der Waals surface area contributed by atoms with Crippen molar-refractivity contribution in [1.29, 1.82) is 0 Å². The predicted molar refractivity (Wildman–Crippen MR) is 57.1 cm³/mol. The molecule has 1 N–H and O–H groups in total. The van der Waals surface area contributed by atoms with Crippen molar-refractivity contribution in [2.24, 2.45) is 0 Å². The van der Waals surface area contributed by atoms with E-state index in [4.69, 9.17) is 16.3 Å². The average Bonchev–Trinajstić information content (AvgIpc) is 2.16. The van der Waals surface area contributed by atoms with Gasteiger partial charge >= 0.3 is 0 Å². The zero-order chi connectivity index (χ0) is 9.97. The van der Waals surface area contributed by atoms with Gasteiger partial charge in [0, 0.05) is 17.6 Å². The number of pyridine rings is 1. The molecule has 4 heteroatoms. The van der Waals surface area contributed by atoms with Crippen LogP contribution in [0, 0.1) is 0 Å². The molecule has 0 bridgehead atoms. The molecule has 0 unspecified atom stereocenters. The first-order valence-corrected chi connectivity index (χ1v) is 5.13. The molecule has 0 amide bonds. The van der Waals surface area contributed by atoms with E-state index in [1.54, 1.807) is 13.3 Å². The van der Waals surface area contributed by atoms with Crippen LogP contribution in [0.25, 0.3) is 0 Å². The number of alkyl halides is 1. The zero-order valence-electron chi connectivity index (χ0n) is 8.03. The largest absolute Gasteiger partial charge is 0.493 e. The fraction of sp³-hybridized carbons (Fsp3) is 0.500. The highest BCUT2D eigenvalue weighted by Crippen LogP contribution is 2.30. The van der Waals surface area contributed by atoms with Crippen LogP contribution in [0.2, 0.25) is 0 Å². The monoisotopic (exact) mass is 212 g/mol. The molecule has 0 radical (unpaired) electrons. The Bertz CT molecular complexity index is 313. The zero-order valence-corrected chi connectivity index (χ0v) is 8.79. The highest BCUT2D eigenvalue weighted by Gasteiger charge is 2.27. The SMILES string of the molecule is COc1cccnc1NC1CC(Cl)C1. The number of nitrogens with zero attached hydrogens (tertiary/aromatic N) is 1. The molecule has 0 aliphatic heterocycles. The Labute approximate surface area is 88.4 Å². The summed E-state index contributed by atoms with van der Waals surface area (Å²) in [6.45, 7) is 0. The third-order valence-electron chi connectivity index (χ3n) is 2.41. The Hall–Kier alpha value is -0.960. The summed E-state index contributed by atoms with van der Waals surface area (Å²) in [6, 6.07) is 4.20. The summed E-state index contributed by atoms with van der Waals surface area (Å²) in [7, 11) is 1.65. The van der Waals surface area contributed by atoms with Gasteiger partial charge < -0.3 is 10.1 Å². The number of rotatable bonds is 3. The van der Waals surface area contributed by atoms with Crippen molar-refractivity contribution in [3.05, 3.63) is 18.3 Å². The maximum Gasteiger partial charge on any atom is 0.168 e. The first-order chi connectivity index (χ1) is 6.79. The van der Waals surface area contributed by atoms with E-state index in [-0.39, 0.29) is 0 Å². The maximum absolute atomic E-state index is 5.89. The third kappa shape index (κ3) is 1.93. The van der Waals surface area contributed by atoms with E-state index in [2.05, 4.69) is 10.3 Å². The molecule has 0 saturated heterocycles. The van der Waals surface area contributed by atoms with E-state index in [9.17, 15) is 0 Å². The number of methoxy groups -OCH3 is 1. The molecule has 1 aromatic heterocycles. The van der Waals surface area contributed by atoms with Gasteiger partial charge in [-0.3, -0.25) is 0 Å². The Morgan fingerprint density at radius 2 is 2.36 bits per heavy atom. The summed E-state index contributed by atoms with van der Waals surface area (Å²) in [6.07, 6.45) is 3.75. The van der Waals surface area contributed by atoms with Gasteiger partial charge in [-0.1, -0.05) is 0 Å². The van der Waals surface area contributed by atoms with E-state index >= 15 is 0 Å².